The molecule has 21 heavy (non-hydrogen) atoms. The molecule has 122 valence electrons. The van der Waals surface area contributed by atoms with E-state index in [0.717, 1.165) is 51.6 Å². The van der Waals surface area contributed by atoms with Crippen molar-refractivity contribution in [1.82, 2.24) is 15.1 Å². The molecule has 6 heteroatoms. The molecule has 0 saturated heterocycles. The molecule has 0 spiro atoms. The quantitative estimate of drug-likeness (QED) is 0.589. The van der Waals surface area contributed by atoms with Gasteiger partial charge in [-0.05, 0) is 20.3 Å². The molecule has 0 atom stereocenters. The molecule has 0 radical (unpaired) electrons. The molecule has 1 heterocycles. The van der Waals surface area contributed by atoms with Crippen LogP contribution in [0, 0.1) is 13.8 Å². The summed E-state index contributed by atoms with van der Waals surface area (Å²) in [6.45, 7) is 9.52. The maximum atomic E-state index is 5.58. The number of nitrogens with zero attached hydrogens (tertiary/aromatic N) is 2. The summed E-state index contributed by atoms with van der Waals surface area (Å²) < 4.78 is 17.6. The van der Waals surface area contributed by atoms with Crippen molar-refractivity contribution in [2.24, 2.45) is 0 Å². The second-order valence-corrected chi connectivity index (χ2v) is 5.00. The second kappa shape index (κ2) is 10.7. The number of aromatic nitrogens is 2. The van der Waals surface area contributed by atoms with Gasteiger partial charge in [0.2, 0.25) is 0 Å². The van der Waals surface area contributed by atoms with Gasteiger partial charge in [-0.2, -0.15) is 5.10 Å². The average Bonchev–Trinajstić information content (AvgIpc) is 2.74. The zero-order valence-corrected chi connectivity index (χ0v) is 13.8. The van der Waals surface area contributed by atoms with Crippen LogP contribution in [0.3, 0.4) is 0 Å². The van der Waals surface area contributed by atoms with E-state index in [0.29, 0.717) is 6.61 Å². The molecule has 0 aliphatic carbocycles. The van der Waals surface area contributed by atoms with Gasteiger partial charge < -0.3 is 19.5 Å². The molecule has 0 fully saturated rings. The molecule has 1 N–H and O–H groups in total. The van der Waals surface area contributed by atoms with Gasteiger partial charge in [0.1, 0.15) is 0 Å². The number of methoxy groups -OCH3 is 2. The van der Waals surface area contributed by atoms with Gasteiger partial charge in [-0.25, -0.2) is 0 Å². The number of hydrogen-bond donors (Lipinski definition) is 1. The van der Waals surface area contributed by atoms with Crippen LogP contribution in [0.15, 0.2) is 0 Å². The Kier molecular flexibility index (Phi) is 9.25. The minimum atomic E-state index is 0.683. The van der Waals surface area contributed by atoms with Crippen molar-refractivity contribution in [3.63, 3.8) is 0 Å². The SMILES string of the molecule is COCCCOCCn1nc(C)c(CNCCOC)c1C. The lowest BCUT2D eigenvalue weighted by molar-refractivity contribution is 0.0958. The molecular weight excluding hydrogens is 270 g/mol. The lowest BCUT2D eigenvalue weighted by Gasteiger charge is -2.07. The predicted octanol–water partition coefficient (Wildman–Crippen LogP) is 1.29. The fourth-order valence-corrected chi connectivity index (χ4v) is 2.15. The van der Waals surface area contributed by atoms with Gasteiger partial charge >= 0.3 is 0 Å². The van der Waals surface area contributed by atoms with E-state index in [1.165, 1.54) is 11.3 Å². The summed E-state index contributed by atoms with van der Waals surface area (Å²) in [4.78, 5) is 0. The first kappa shape index (κ1) is 18.1. The van der Waals surface area contributed by atoms with Crippen molar-refractivity contribution in [1.29, 1.82) is 0 Å². The average molecular weight is 299 g/mol. The molecule has 0 aliphatic rings. The van der Waals surface area contributed by atoms with Gasteiger partial charge in [0.15, 0.2) is 0 Å². The first-order valence-electron chi connectivity index (χ1n) is 7.50. The molecule has 1 rings (SSSR count). The van der Waals surface area contributed by atoms with Crippen LogP contribution in [0.1, 0.15) is 23.4 Å². The molecular formula is C15H29N3O3. The Bertz CT molecular complexity index is 394. The molecule has 1 aromatic heterocycles. The van der Waals surface area contributed by atoms with E-state index in [4.69, 9.17) is 14.2 Å². The summed E-state index contributed by atoms with van der Waals surface area (Å²) in [6, 6.07) is 0. The van der Waals surface area contributed by atoms with Gasteiger partial charge in [-0.15, -0.1) is 0 Å². The predicted molar refractivity (Wildman–Crippen MR) is 82.6 cm³/mol. The molecule has 0 saturated carbocycles. The van der Waals surface area contributed by atoms with Crippen LogP contribution >= 0.6 is 0 Å². The number of nitrogens with one attached hydrogen (secondary N) is 1. The van der Waals surface area contributed by atoms with Crippen LogP contribution in [-0.4, -0.2) is 57.0 Å². The van der Waals surface area contributed by atoms with Gasteiger partial charge in [-0.1, -0.05) is 0 Å². The fraction of sp³-hybridized carbons (Fsp3) is 0.800. The third-order valence-electron chi connectivity index (χ3n) is 3.40. The Morgan fingerprint density at radius 1 is 1.05 bits per heavy atom. The summed E-state index contributed by atoms with van der Waals surface area (Å²) in [7, 11) is 3.42. The van der Waals surface area contributed by atoms with Crippen molar-refractivity contribution in [2.45, 2.75) is 33.4 Å². The molecule has 1 aromatic rings. The van der Waals surface area contributed by atoms with Crippen LogP contribution < -0.4 is 5.32 Å². The molecule has 0 amide bonds. The highest BCUT2D eigenvalue weighted by Crippen LogP contribution is 2.12. The summed E-state index contributed by atoms with van der Waals surface area (Å²) in [5.41, 5.74) is 3.56. The Morgan fingerprint density at radius 3 is 2.52 bits per heavy atom. The molecule has 0 aliphatic heterocycles. The van der Waals surface area contributed by atoms with Crippen LogP contribution in [0.4, 0.5) is 0 Å². The highest BCUT2D eigenvalue weighted by molar-refractivity contribution is 5.24. The van der Waals surface area contributed by atoms with Crippen LogP contribution in [0.5, 0.6) is 0 Å². The lowest BCUT2D eigenvalue weighted by atomic mass is 10.2. The van der Waals surface area contributed by atoms with Crippen molar-refractivity contribution in [3.8, 4) is 0 Å². The van der Waals surface area contributed by atoms with E-state index in [-0.39, 0.29) is 0 Å². The van der Waals surface area contributed by atoms with Crippen molar-refractivity contribution in [3.05, 3.63) is 17.0 Å². The van der Waals surface area contributed by atoms with Crippen LogP contribution in [0.25, 0.3) is 0 Å². The Morgan fingerprint density at radius 2 is 1.81 bits per heavy atom. The van der Waals surface area contributed by atoms with Crippen LogP contribution in [-0.2, 0) is 27.3 Å². The summed E-state index contributed by atoms with van der Waals surface area (Å²) in [5.74, 6) is 0. The number of hydrogen-bond acceptors (Lipinski definition) is 5. The third kappa shape index (κ3) is 6.56. The lowest BCUT2D eigenvalue weighted by Crippen LogP contribution is -2.19. The topological polar surface area (TPSA) is 57.5 Å². The maximum Gasteiger partial charge on any atom is 0.0662 e. The largest absolute Gasteiger partial charge is 0.385 e. The maximum absolute atomic E-state index is 5.58. The minimum absolute atomic E-state index is 0.683. The Hall–Kier alpha value is -0.950. The fourth-order valence-electron chi connectivity index (χ4n) is 2.15. The van der Waals surface area contributed by atoms with Gasteiger partial charge in [-0.3, -0.25) is 4.68 Å². The van der Waals surface area contributed by atoms with Gasteiger partial charge in [0.25, 0.3) is 0 Å². The highest BCUT2D eigenvalue weighted by Gasteiger charge is 2.10. The Labute approximate surface area is 127 Å². The zero-order chi connectivity index (χ0) is 15.5. The second-order valence-electron chi connectivity index (χ2n) is 5.00. The summed E-state index contributed by atoms with van der Waals surface area (Å²) in [6.07, 6.45) is 0.933. The van der Waals surface area contributed by atoms with Crippen molar-refractivity contribution in [2.75, 3.05) is 47.2 Å². The van der Waals surface area contributed by atoms with Crippen molar-refractivity contribution < 1.29 is 14.2 Å². The number of ether oxygens (including phenoxy) is 3. The zero-order valence-electron chi connectivity index (χ0n) is 13.8. The van der Waals surface area contributed by atoms with E-state index in [2.05, 4.69) is 24.3 Å². The first-order chi connectivity index (χ1) is 10.2. The highest BCUT2D eigenvalue weighted by atomic mass is 16.5. The monoisotopic (exact) mass is 299 g/mol. The standard InChI is InChI=1S/C15H29N3O3/c1-13-15(12-16-6-10-20-4)14(2)18(17-13)7-11-21-9-5-8-19-3/h16H,5-12H2,1-4H3. The number of aryl methyl sites for hydroxylation is 1. The van der Waals surface area contributed by atoms with E-state index in [1.807, 2.05) is 4.68 Å². The van der Waals surface area contributed by atoms with Crippen molar-refractivity contribution >= 4 is 0 Å². The number of rotatable bonds is 12. The summed E-state index contributed by atoms with van der Waals surface area (Å²) in [5, 5.41) is 7.95. The summed E-state index contributed by atoms with van der Waals surface area (Å²) >= 11 is 0. The molecule has 0 aromatic carbocycles. The van der Waals surface area contributed by atoms with E-state index in [9.17, 15) is 0 Å². The van der Waals surface area contributed by atoms with E-state index >= 15 is 0 Å². The molecule has 6 nitrogen and oxygen atoms in total. The van der Waals surface area contributed by atoms with E-state index in [1.54, 1.807) is 14.2 Å². The van der Waals surface area contributed by atoms with Crippen LogP contribution in [0.2, 0.25) is 0 Å². The smallest absolute Gasteiger partial charge is 0.0662 e. The van der Waals surface area contributed by atoms with Gasteiger partial charge in [0, 0.05) is 51.8 Å². The normalized spacial score (nSPS) is 11.2. The minimum Gasteiger partial charge on any atom is -0.385 e. The molecule has 0 unspecified atom stereocenters. The van der Waals surface area contributed by atoms with Gasteiger partial charge in [0.05, 0.1) is 25.5 Å². The third-order valence-corrected chi connectivity index (χ3v) is 3.40. The molecule has 0 bridgehead atoms. The first-order valence-corrected chi connectivity index (χ1v) is 7.50. The Balaban J connectivity index is 2.34. The van der Waals surface area contributed by atoms with E-state index < -0.39 is 0 Å².